The summed E-state index contributed by atoms with van der Waals surface area (Å²) in [5.74, 6) is 3.09. The number of aliphatic hydroxyl groups is 1. The number of hydrogen-bond donors (Lipinski definition) is 2. The van der Waals surface area contributed by atoms with Gasteiger partial charge in [0.05, 0.1) is 0 Å². The fraction of sp³-hybridized carbons (Fsp3) is 0.769. The van der Waals surface area contributed by atoms with Crippen molar-refractivity contribution < 1.29 is 14.9 Å². The average Bonchev–Trinajstić information content (AvgIpc) is 2.66. The first-order valence-electron chi connectivity index (χ1n) is 11.8. The quantitative estimate of drug-likeness (QED) is 0.636. The van der Waals surface area contributed by atoms with Crippen LogP contribution in [0.25, 0.3) is 0 Å². The van der Waals surface area contributed by atoms with Crippen LogP contribution in [-0.2, 0) is 6.42 Å². The summed E-state index contributed by atoms with van der Waals surface area (Å²) in [7, 11) is 0. The Labute approximate surface area is 175 Å². The molecule has 4 aliphatic rings. The summed E-state index contributed by atoms with van der Waals surface area (Å²) < 4.78 is 6.67. The third-order valence-corrected chi connectivity index (χ3v) is 10.3. The Morgan fingerprint density at radius 1 is 0.931 bits per heavy atom. The van der Waals surface area contributed by atoms with E-state index in [1.54, 1.807) is 6.07 Å². The molecule has 1 aromatic rings. The van der Waals surface area contributed by atoms with Gasteiger partial charge in [-0.1, -0.05) is 27.2 Å². The Morgan fingerprint density at radius 3 is 2.41 bits per heavy atom. The van der Waals surface area contributed by atoms with Gasteiger partial charge in [-0.3, -0.25) is 0 Å². The van der Waals surface area contributed by atoms with Crippen LogP contribution >= 0.6 is 0 Å². The van der Waals surface area contributed by atoms with E-state index in [4.69, 9.17) is 4.74 Å². The van der Waals surface area contributed by atoms with Gasteiger partial charge in [0, 0.05) is 12.5 Å². The van der Waals surface area contributed by atoms with Crippen LogP contribution in [0.15, 0.2) is 18.2 Å². The van der Waals surface area contributed by atoms with E-state index in [2.05, 4.69) is 27.7 Å². The van der Waals surface area contributed by atoms with Gasteiger partial charge in [0.15, 0.2) is 0 Å². The van der Waals surface area contributed by atoms with Crippen molar-refractivity contribution in [3.05, 3.63) is 23.8 Å². The lowest BCUT2D eigenvalue weighted by atomic mass is 9.37. The lowest BCUT2D eigenvalue weighted by molar-refractivity contribution is -0.213. The largest absolute Gasteiger partial charge is 0.508 e. The lowest BCUT2D eigenvalue weighted by Crippen LogP contribution is -2.65. The minimum Gasteiger partial charge on any atom is -0.508 e. The minimum absolute atomic E-state index is 0.0799. The van der Waals surface area contributed by atoms with E-state index >= 15 is 0 Å². The zero-order valence-electron chi connectivity index (χ0n) is 18.6. The highest BCUT2D eigenvalue weighted by molar-refractivity contribution is 5.43. The molecular weight excluding hydrogens is 360 g/mol. The van der Waals surface area contributed by atoms with E-state index in [9.17, 15) is 10.2 Å². The van der Waals surface area contributed by atoms with Crippen molar-refractivity contribution in [2.45, 2.75) is 84.7 Å². The highest BCUT2D eigenvalue weighted by atomic mass is 16.5. The van der Waals surface area contributed by atoms with Crippen molar-refractivity contribution in [2.24, 2.45) is 34.0 Å². The summed E-state index contributed by atoms with van der Waals surface area (Å²) in [4.78, 5) is 0. The molecule has 0 aromatic heterocycles. The highest BCUT2D eigenvalue weighted by Crippen LogP contribution is 2.70. The zero-order valence-corrected chi connectivity index (χ0v) is 18.6. The van der Waals surface area contributed by atoms with E-state index in [-0.39, 0.29) is 16.4 Å². The van der Waals surface area contributed by atoms with Gasteiger partial charge >= 0.3 is 0 Å². The van der Waals surface area contributed by atoms with Crippen LogP contribution in [-0.4, -0.2) is 22.4 Å². The Kier molecular flexibility index (Phi) is 4.19. The van der Waals surface area contributed by atoms with E-state index in [0.29, 0.717) is 35.5 Å². The van der Waals surface area contributed by atoms with E-state index < -0.39 is 0 Å². The molecule has 3 nitrogen and oxygen atoms in total. The van der Waals surface area contributed by atoms with Crippen LogP contribution in [0.5, 0.6) is 11.5 Å². The molecule has 0 radical (unpaired) electrons. The molecule has 1 heterocycles. The normalized spacial score (nSPS) is 48.5. The van der Waals surface area contributed by atoms with Crippen molar-refractivity contribution in [3.8, 4) is 11.5 Å². The monoisotopic (exact) mass is 398 g/mol. The first kappa shape index (κ1) is 19.7. The summed E-state index contributed by atoms with van der Waals surface area (Å²) in [6.45, 7) is 10.1. The van der Waals surface area contributed by atoms with Gasteiger partial charge in [0.2, 0.25) is 0 Å². The Bertz CT molecular complexity index is 820. The first-order chi connectivity index (χ1) is 13.6. The van der Waals surface area contributed by atoms with E-state index in [1.165, 1.54) is 44.1 Å². The molecule has 2 N–H and O–H groups in total. The second-order valence-corrected chi connectivity index (χ2v) is 11.8. The van der Waals surface area contributed by atoms with Crippen molar-refractivity contribution >= 4 is 0 Å². The maximum atomic E-state index is 10.3. The third kappa shape index (κ3) is 2.58. The Balaban J connectivity index is 1.55. The minimum atomic E-state index is -0.118. The van der Waals surface area contributed by atoms with Crippen molar-refractivity contribution in [2.75, 3.05) is 6.61 Å². The summed E-state index contributed by atoms with van der Waals surface area (Å²) >= 11 is 0. The van der Waals surface area contributed by atoms with Crippen molar-refractivity contribution in [3.63, 3.8) is 0 Å². The number of benzene rings is 1. The molecule has 160 valence electrons. The Hall–Kier alpha value is -1.22. The van der Waals surface area contributed by atoms with E-state index in [1.807, 2.05) is 12.1 Å². The SMILES string of the molecule is C[C@]1(CO)CCC[C@]2(C)[C@H]3CC[C@]4(C)Oc5ccc(O)cc5C[C@H]4[C@]3(C)CC[C@@H]12. The summed E-state index contributed by atoms with van der Waals surface area (Å²) in [6.07, 6.45) is 9.50. The second-order valence-electron chi connectivity index (χ2n) is 11.8. The van der Waals surface area contributed by atoms with Gasteiger partial charge in [0.25, 0.3) is 0 Å². The van der Waals surface area contributed by atoms with Crippen molar-refractivity contribution in [1.82, 2.24) is 0 Å². The predicted molar refractivity (Wildman–Crippen MR) is 115 cm³/mol. The Morgan fingerprint density at radius 2 is 1.66 bits per heavy atom. The predicted octanol–water partition coefficient (Wildman–Crippen LogP) is 5.72. The van der Waals surface area contributed by atoms with Crippen LogP contribution in [0.1, 0.15) is 78.2 Å². The van der Waals surface area contributed by atoms with Crippen molar-refractivity contribution in [1.29, 1.82) is 0 Å². The van der Waals surface area contributed by atoms with Crippen LogP contribution in [0.2, 0.25) is 0 Å². The van der Waals surface area contributed by atoms with E-state index in [0.717, 1.165) is 18.6 Å². The number of ether oxygens (including phenoxy) is 1. The number of fused-ring (bicyclic) bond motifs is 6. The van der Waals surface area contributed by atoms with Gasteiger partial charge in [-0.2, -0.15) is 0 Å². The van der Waals surface area contributed by atoms with Gasteiger partial charge in [-0.25, -0.2) is 0 Å². The summed E-state index contributed by atoms with van der Waals surface area (Å²) in [6, 6.07) is 5.62. The molecule has 0 spiro atoms. The molecule has 0 unspecified atom stereocenters. The molecule has 3 fully saturated rings. The van der Waals surface area contributed by atoms with Gasteiger partial charge < -0.3 is 14.9 Å². The molecule has 5 rings (SSSR count). The number of rotatable bonds is 1. The summed E-state index contributed by atoms with van der Waals surface area (Å²) in [5, 5.41) is 20.3. The topological polar surface area (TPSA) is 49.7 Å². The molecule has 3 heteroatoms. The molecular formula is C26H38O3. The standard InChI is InChI=1S/C26H38O3/c1-23(16-27)10-5-11-24(2)20(23)8-12-25(3)21(24)9-13-26(4)22(25)15-17-14-18(28)6-7-19(17)29-26/h6-7,14,20-22,27-28H,5,8-13,15-16H2,1-4H3/t20-,21+,22-,23+,24-,25+,26-/m0/s1. The fourth-order valence-corrected chi connectivity index (χ4v) is 8.93. The van der Waals surface area contributed by atoms with Crippen LogP contribution < -0.4 is 4.74 Å². The van der Waals surface area contributed by atoms with Crippen LogP contribution in [0.3, 0.4) is 0 Å². The van der Waals surface area contributed by atoms with Gasteiger partial charge in [-0.15, -0.1) is 0 Å². The maximum Gasteiger partial charge on any atom is 0.123 e. The van der Waals surface area contributed by atoms with Gasteiger partial charge in [0.1, 0.15) is 17.1 Å². The smallest absolute Gasteiger partial charge is 0.123 e. The first-order valence-corrected chi connectivity index (χ1v) is 11.8. The molecule has 0 amide bonds. The number of aliphatic hydroxyl groups excluding tert-OH is 1. The fourth-order valence-electron chi connectivity index (χ4n) is 8.93. The number of hydrogen-bond acceptors (Lipinski definition) is 3. The molecule has 1 aromatic carbocycles. The lowest BCUT2D eigenvalue weighted by Gasteiger charge is -2.68. The summed E-state index contributed by atoms with van der Waals surface area (Å²) in [5.41, 5.74) is 1.69. The van der Waals surface area contributed by atoms with Crippen LogP contribution in [0.4, 0.5) is 0 Å². The molecule has 1 aliphatic heterocycles. The molecule has 3 aliphatic carbocycles. The maximum absolute atomic E-state index is 10.3. The highest BCUT2D eigenvalue weighted by Gasteiger charge is 2.65. The van der Waals surface area contributed by atoms with Crippen LogP contribution in [0, 0.1) is 34.0 Å². The molecule has 29 heavy (non-hydrogen) atoms. The number of phenols is 1. The molecule has 0 saturated heterocycles. The zero-order chi connectivity index (χ0) is 20.7. The van der Waals surface area contributed by atoms with Gasteiger partial charge in [-0.05, 0) is 104 Å². The number of aromatic hydroxyl groups is 1. The number of phenolic OH excluding ortho intramolecular Hbond substituents is 1. The second kappa shape index (κ2) is 6.15. The molecule has 0 bridgehead atoms. The molecule has 3 saturated carbocycles. The average molecular weight is 399 g/mol. The third-order valence-electron chi connectivity index (χ3n) is 10.3. The molecule has 7 atom stereocenters.